The molecule has 0 unspecified atom stereocenters. The van der Waals surface area contributed by atoms with Gasteiger partial charge in [-0.3, -0.25) is 4.79 Å². The Bertz CT molecular complexity index is 889. The van der Waals surface area contributed by atoms with Gasteiger partial charge in [-0.1, -0.05) is 18.2 Å². The van der Waals surface area contributed by atoms with Crippen LogP contribution in [0.15, 0.2) is 59.1 Å². The molecule has 0 radical (unpaired) electrons. The van der Waals surface area contributed by atoms with E-state index in [9.17, 15) is 4.79 Å². The fourth-order valence-corrected chi connectivity index (χ4v) is 2.11. The molecule has 0 aliphatic carbocycles. The quantitative estimate of drug-likeness (QED) is 0.732. The maximum absolute atomic E-state index is 11.4. The molecule has 0 bridgehead atoms. The summed E-state index contributed by atoms with van der Waals surface area (Å²) in [5, 5.41) is 11.8. The third-order valence-electron chi connectivity index (χ3n) is 3.32. The van der Waals surface area contributed by atoms with Gasteiger partial charge in [0.15, 0.2) is 11.5 Å². The van der Waals surface area contributed by atoms with E-state index in [0.29, 0.717) is 22.9 Å². The summed E-state index contributed by atoms with van der Waals surface area (Å²) in [4.78, 5) is 15.6. The molecule has 2 aromatic carbocycles. The molecule has 0 amide bonds. The maximum Gasteiger partial charge on any atom is 0.299 e. The lowest BCUT2D eigenvalue weighted by molar-refractivity contribution is 0.101. The average molecular weight is 303 g/mol. The van der Waals surface area contributed by atoms with Crippen molar-refractivity contribution in [2.75, 3.05) is 5.32 Å². The lowest BCUT2D eigenvalue weighted by atomic mass is 10.1. The Balaban J connectivity index is 1.81. The van der Waals surface area contributed by atoms with E-state index in [1.54, 1.807) is 42.6 Å². The van der Waals surface area contributed by atoms with Gasteiger partial charge in [0.1, 0.15) is 0 Å². The maximum atomic E-state index is 11.4. The van der Waals surface area contributed by atoms with Crippen molar-refractivity contribution in [1.29, 1.82) is 5.26 Å². The van der Waals surface area contributed by atoms with Gasteiger partial charge >= 0.3 is 0 Å². The van der Waals surface area contributed by atoms with E-state index < -0.39 is 0 Å². The topological polar surface area (TPSA) is 78.9 Å². The lowest BCUT2D eigenvalue weighted by Gasteiger charge is -2.02. The number of nitriles is 1. The molecule has 1 N–H and O–H groups in total. The Morgan fingerprint density at radius 2 is 2.00 bits per heavy atom. The molecule has 1 heterocycles. The minimum Gasteiger partial charge on any atom is -0.423 e. The first kappa shape index (κ1) is 14.5. The zero-order valence-electron chi connectivity index (χ0n) is 12.4. The van der Waals surface area contributed by atoms with Crippen LogP contribution in [0.3, 0.4) is 0 Å². The summed E-state index contributed by atoms with van der Waals surface area (Å²) in [5.41, 5.74) is 2.78. The van der Waals surface area contributed by atoms with Crippen molar-refractivity contribution in [3.8, 4) is 17.4 Å². The number of hydrogen-bond donors (Lipinski definition) is 1. The molecule has 0 spiro atoms. The van der Waals surface area contributed by atoms with Gasteiger partial charge in [0.25, 0.3) is 6.01 Å². The highest BCUT2D eigenvalue weighted by Gasteiger charge is 2.08. The molecule has 23 heavy (non-hydrogen) atoms. The molecule has 3 aromatic rings. The zero-order valence-corrected chi connectivity index (χ0v) is 12.4. The summed E-state index contributed by atoms with van der Waals surface area (Å²) in [6, 6.07) is 16.6. The smallest absolute Gasteiger partial charge is 0.299 e. The molecule has 112 valence electrons. The summed E-state index contributed by atoms with van der Waals surface area (Å²) in [6.07, 6.45) is 1.60. The number of nitrogens with zero attached hydrogens (tertiary/aromatic N) is 2. The van der Waals surface area contributed by atoms with Crippen LogP contribution in [0.2, 0.25) is 0 Å². The molecule has 5 nitrogen and oxygen atoms in total. The second-order valence-corrected chi connectivity index (χ2v) is 4.98. The van der Waals surface area contributed by atoms with Crippen molar-refractivity contribution in [1.82, 2.24) is 4.98 Å². The van der Waals surface area contributed by atoms with E-state index in [4.69, 9.17) is 9.68 Å². The number of carbonyl (C=O) groups excluding carboxylic acids is 1. The number of ketones is 1. The fraction of sp³-hybridized carbons (Fsp3) is 0.0556. The molecule has 3 rings (SSSR count). The number of benzene rings is 2. The normalized spacial score (nSPS) is 10.1. The standard InChI is InChI=1S/C18H13N3O2/c1-12(22)14-3-2-4-15(9-14)17-11-20-18(23-17)21-16-7-5-13(10-19)6-8-16/h2-9,11H,1H3,(H,20,21). The fourth-order valence-electron chi connectivity index (χ4n) is 2.11. The van der Waals surface area contributed by atoms with Crippen LogP contribution in [0.4, 0.5) is 11.7 Å². The van der Waals surface area contributed by atoms with Crippen LogP contribution in [-0.4, -0.2) is 10.8 Å². The number of aromatic nitrogens is 1. The second-order valence-electron chi connectivity index (χ2n) is 4.98. The van der Waals surface area contributed by atoms with Crippen molar-refractivity contribution in [2.45, 2.75) is 6.92 Å². The SMILES string of the molecule is CC(=O)c1cccc(-c2cnc(Nc3ccc(C#N)cc3)o2)c1. The minimum atomic E-state index is 0.00213. The number of hydrogen-bond acceptors (Lipinski definition) is 5. The van der Waals surface area contributed by atoms with E-state index in [0.717, 1.165) is 11.3 Å². The number of Topliss-reactive ketones (excluding diaryl/α,β-unsaturated/α-hetero) is 1. The lowest BCUT2D eigenvalue weighted by Crippen LogP contribution is -1.91. The molecule has 0 saturated heterocycles. The third-order valence-corrected chi connectivity index (χ3v) is 3.32. The van der Waals surface area contributed by atoms with Gasteiger partial charge in [0.2, 0.25) is 0 Å². The number of carbonyl (C=O) groups is 1. The first-order chi connectivity index (χ1) is 11.2. The number of oxazole rings is 1. The summed E-state index contributed by atoms with van der Waals surface area (Å²) < 4.78 is 5.67. The molecule has 0 aliphatic heterocycles. The van der Waals surface area contributed by atoms with Gasteiger partial charge in [-0.25, -0.2) is 4.98 Å². The Hall–Kier alpha value is -3.39. The van der Waals surface area contributed by atoms with Crippen LogP contribution in [-0.2, 0) is 0 Å². The molecule has 1 aromatic heterocycles. The molecular weight excluding hydrogens is 290 g/mol. The van der Waals surface area contributed by atoms with Gasteiger partial charge in [0, 0.05) is 16.8 Å². The molecule has 0 fully saturated rings. The number of rotatable bonds is 4. The van der Waals surface area contributed by atoms with Crippen LogP contribution in [0.1, 0.15) is 22.8 Å². The van der Waals surface area contributed by atoms with Crippen LogP contribution in [0, 0.1) is 11.3 Å². The van der Waals surface area contributed by atoms with Crippen molar-refractivity contribution in [3.05, 3.63) is 65.9 Å². The first-order valence-corrected chi connectivity index (χ1v) is 7.00. The predicted molar refractivity (Wildman–Crippen MR) is 86.4 cm³/mol. The second kappa shape index (κ2) is 6.16. The van der Waals surface area contributed by atoms with E-state index in [2.05, 4.69) is 16.4 Å². The highest BCUT2D eigenvalue weighted by Crippen LogP contribution is 2.25. The largest absolute Gasteiger partial charge is 0.423 e. The van der Waals surface area contributed by atoms with Gasteiger partial charge in [-0.15, -0.1) is 0 Å². The first-order valence-electron chi connectivity index (χ1n) is 7.00. The van der Waals surface area contributed by atoms with Crippen molar-refractivity contribution < 1.29 is 9.21 Å². The van der Waals surface area contributed by atoms with Crippen molar-refractivity contribution in [2.24, 2.45) is 0 Å². The monoisotopic (exact) mass is 303 g/mol. The highest BCUT2D eigenvalue weighted by atomic mass is 16.4. The van der Waals surface area contributed by atoms with E-state index in [1.807, 2.05) is 12.1 Å². The third kappa shape index (κ3) is 3.27. The average Bonchev–Trinajstić information content (AvgIpc) is 3.04. The van der Waals surface area contributed by atoms with Gasteiger partial charge in [-0.05, 0) is 37.3 Å². The summed E-state index contributed by atoms with van der Waals surface area (Å²) >= 11 is 0. The molecule has 0 aliphatic rings. The van der Waals surface area contributed by atoms with Crippen LogP contribution in [0.5, 0.6) is 0 Å². The van der Waals surface area contributed by atoms with Crippen LogP contribution in [0.25, 0.3) is 11.3 Å². The Kier molecular flexibility index (Phi) is 3.89. The Labute approximate surface area is 133 Å². The highest BCUT2D eigenvalue weighted by molar-refractivity contribution is 5.95. The van der Waals surface area contributed by atoms with E-state index in [-0.39, 0.29) is 5.78 Å². The van der Waals surface area contributed by atoms with Crippen LogP contribution < -0.4 is 5.32 Å². The molecule has 0 atom stereocenters. The Morgan fingerprint density at radius 1 is 1.22 bits per heavy atom. The van der Waals surface area contributed by atoms with Gasteiger partial charge < -0.3 is 9.73 Å². The van der Waals surface area contributed by atoms with E-state index in [1.165, 1.54) is 6.92 Å². The molecule has 0 saturated carbocycles. The van der Waals surface area contributed by atoms with Crippen molar-refractivity contribution >= 4 is 17.5 Å². The predicted octanol–water partition coefficient (Wildman–Crippen LogP) is 4.16. The van der Waals surface area contributed by atoms with E-state index >= 15 is 0 Å². The zero-order chi connectivity index (χ0) is 16.2. The van der Waals surface area contributed by atoms with Crippen LogP contribution >= 0.6 is 0 Å². The van der Waals surface area contributed by atoms with Crippen molar-refractivity contribution in [3.63, 3.8) is 0 Å². The molecule has 5 heteroatoms. The summed E-state index contributed by atoms with van der Waals surface area (Å²) in [5.74, 6) is 0.576. The summed E-state index contributed by atoms with van der Waals surface area (Å²) in [6.45, 7) is 1.53. The minimum absolute atomic E-state index is 0.00213. The number of nitrogens with one attached hydrogen (secondary N) is 1. The molecular formula is C18H13N3O2. The summed E-state index contributed by atoms with van der Waals surface area (Å²) in [7, 11) is 0. The van der Waals surface area contributed by atoms with Gasteiger partial charge in [-0.2, -0.15) is 5.26 Å². The van der Waals surface area contributed by atoms with Gasteiger partial charge in [0.05, 0.1) is 17.8 Å². The Morgan fingerprint density at radius 3 is 2.70 bits per heavy atom. The number of anilines is 2.